The predicted molar refractivity (Wildman–Crippen MR) is 111 cm³/mol. The molecule has 0 aromatic carbocycles. The first-order valence-corrected chi connectivity index (χ1v) is 11.4. The van der Waals surface area contributed by atoms with Gasteiger partial charge in [0, 0.05) is 32.4 Å². The number of nitrogens with zero attached hydrogens (tertiary/aromatic N) is 3. The number of carbonyl (C=O) groups is 2. The Balaban J connectivity index is 1.39. The van der Waals surface area contributed by atoms with Gasteiger partial charge in [-0.25, -0.2) is 4.98 Å². The summed E-state index contributed by atoms with van der Waals surface area (Å²) >= 11 is 4.74. The van der Waals surface area contributed by atoms with Crippen molar-refractivity contribution < 1.29 is 14.0 Å². The lowest BCUT2D eigenvalue weighted by Crippen LogP contribution is -2.44. The fraction of sp³-hybridized carbons (Fsp3) is 0.450. The van der Waals surface area contributed by atoms with Crippen molar-refractivity contribution in [1.82, 2.24) is 14.8 Å². The molecule has 4 heterocycles. The summed E-state index contributed by atoms with van der Waals surface area (Å²) in [7, 11) is 0. The van der Waals surface area contributed by atoms with Crippen molar-refractivity contribution in [3.8, 4) is 0 Å². The molecule has 0 aliphatic carbocycles. The zero-order chi connectivity index (χ0) is 19.7. The molecule has 0 unspecified atom stereocenters. The van der Waals surface area contributed by atoms with Crippen molar-refractivity contribution >= 4 is 39.5 Å². The third-order valence-electron chi connectivity index (χ3n) is 5.82. The Morgan fingerprint density at radius 2 is 1.82 bits per heavy atom. The molecule has 2 amide bonds. The topological polar surface area (TPSA) is 66.7 Å². The number of likely N-dealkylation sites (tertiary alicyclic amines) is 2. The van der Waals surface area contributed by atoms with E-state index in [2.05, 4.69) is 20.9 Å². The molecular formula is C20H22BrN3O3S. The Kier molecular flexibility index (Phi) is 5.51. The summed E-state index contributed by atoms with van der Waals surface area (Å²) in [6.07, 6.45) is 6.46. The van der Waals surface area contributed by atoms with E-state index in [0.717, 1.165) is 50.5 Å². The summed E-state index contributed by atoms with van der Waals surface area (Å²) < 4.78 is 5.98. The van der Waals surface area contributed by atoms with Crippen LogP contribution in [-0.2, 0) is 0 Å². The number of halogens is 1. The maximum Gasteiger partial charge on any atom is 0.289 e. The zero-order valence-corrected chi connectivity index (χ0v) is 18.1. The highest BCUT2D eigenvalue weighted by Crippen LogP contribution is 2.41. The van der Waals surface area contributed by atoms with E-state index in [1.54, 1.807) is 18.3 Å². The van der Waals surface area contributed by atoms with Gasteiger partial charge in [0.1, 0.15) is 5.03 Å². The molecule has 2 aliphatic heterocycles. The largest absolute Gasteiger partial charge is 0.444 e. The molecule has 2 aromatic rings. The van der Waals surface area contributed by atoms with Crippen molar-refractivity contribution in [3.63, 3.8) is 0 Å². The van der Waals surface area contributed by atoms with Crippen LogP contribution in [0, 0.1) is 5.41 Å². The van der Waals surface area contributed by atoms with Gasteiger partial charge >= 0.3 is 0 Å². The van der Waals surface area contributed by atoms with Gasteiger partial charge in [-0.15, -0.1) is 11.8 Å². The van der Waals surface area contributed by atoms with Crippen LogP contribution in [0.25, 0.3) is 0 Å². The number of amides is 2. The van der Waals surface area contributed by atoms with E-state index in [0.29, 0.717) is 16.0 Å². The molecular weight excluding hydrogens is 442 g/mol. The molecule has 0 atom stereocenters. The molecule has 2 aliphatic rings. The SMILES string of the molecule is CSc1ncccc1C(=O)N1CCC2(CCN(C(=O)c3ccc(Br)o3)C2)CC1. The number of aromatic nitrogens is 1. The molecule has 2 fully saturated rings. The molecule has 148 valence electrons. The molecule has 0 bridgehead atoms. The minimum atomic E-state index is -0.0546. The first-order chi connectivity index (χ1) is 13.5. The lowest BCUT2D eigenvalue weighted by molar-refractivity contribution is 0.0556. The molecule has 4 rings (SSSR count). The molecule has 6 nitrogen and oxygen atoms in total. The predicted octanol–water partition coefficient (Wildman–Crippen LogP) is 3.93. The number of carbonyl (C=O) groups excluding carboxylic acids is 2. The highest BCUT2D eigenvalue weighted by atomic mass is 79.9. The van der Waals surface area contributed by atoms with E-state index in [9.17, 15) is 9.59 Å². The van der Waals surface area contributed by atoms with Gasteiger partial charge in [0.25, 0.3) is 11.8 Å². The molecule has 0 saturated carbocycles. The van der Waals surface area contributed by atoms with E-state index in [4.69, 9.17) is 4.42 Å². The van der Waals surface area contributed by atoms with Crippen LogP contribution in [0.1, 0.15) is 40.2 Å². The van der Waals surface area contributed by atoms with Gasteiger partial charge in [0.2, 0.25) is 0 Å². The monoisotopic (exact) mass is 463 g/mol. The number of hydrogen-bond donors (Lipinski definition) is 0. The van der Waals surface area contributed by atoms with Crippen LogP contribution in [0.2, 0.25) is 0 Å². The van der Waals surface area contributed by atoms with Crippen LogP contribution in [0.15, 0.2) is 44.6 Å². The molecule has 8 heteroatoms. The fourth-order valence-corrected chi connectivity index (χ4v) is 5.02. The second-order valence-electron chi connectivity index (χ2n) is 7.43. The standard InChI is InChI=1S/C20H22BrN3O3S/c1-28-17-14(3-2-9-22-17)18(25)23-10-6-20(7-11-23)8-12-24(13-20)19(26)15-4-5-16(21)27-15/h2-5,9H,6-8,10-13H2,1H3. The van der Waals surface area contributed by atoms with Gasteiger partial charge in [-0.2, -0.15) is 0 Å². The number of pyridine rings is 1. The number of rotatable bonds is 3. The van der Waals surface area contributed by atoms with Gasteiger partial charge in [0.05, 0.1) is 5.56 Å². The summed E-state index contributed by atoms with van der Waals surface area (Å²) in [6.45, 7) is 2.91. The Hall–Kier alpha value is -1.80. The number of thioether (sulfide) groups is 1. The van der Waals surface area contributed by atoms with Crippen LogP contribution in [0.4, 0.5) is 0 Å². The third kappa shape index (κ3) is 3.72. The van der Waals surface area contributed by atoms with Crippen molar-refractivity contribution in [2.24, 2.45) is 5.41 Å². The van der Waals surface area contributed by atoms with Crippen LogP contribution in [-0.4, -0.2) is 59.0 Å². The van der Waals surface area contributed by atoms with E-state index in [1.807, 2.05) is 28.2 Å². The minimum Gasteiger partial charge on any atom is -0.444 e. The summed E-state index contributed by atoms with van der Waals surface area (Å²) in [6, 6.07) is 7.11. The van der Waals surface area contributed by atoms with Gasteiger partial charge < -0.3 is 14.2 Å². The van der Waals surface area contributed by atoms with Gasteiger partial charge in [0.15, 0.2) is 10.4 Å². The first kappa shape index (κ1) is 19.5. The average molecular weight is 464 g/mol. The van der Waals surface area contributed by atoms with Gasteiger partial charge in [-0.1, -0.05) is 0 Å². The average Bonchev–Trinajstić information content (AvgIpc) is 3.34. The maximum atomic E-state index is 12.9. The quantitative estimate of drug-likeness (QED) is 0.645. The number of hydrogen-bond acceptors (Lipinski definition) is 5. The van der Waals surface area contributed by atoms with Crippen molar-refractivity contribution in [2.75, 3.05) is 32.4 Å². The van der Waals surface area contributed by atoms with Crippen LogP contribution < -0.4 is 0 Å². The second-order valence-corrected chi connectivity index (χ2v) is 9.01. The van der Waals surface area contributed by atoms with Gasteiger partial charge in [-0.05, 0) is 71.1 Å². The molecule has 2 aromatic heterocycles. The Bertz CT molecular complexity index is 892. The first-order valence-electron chi connectivity index (χ1n) is 9.34. The van der Waals surface area contributed by atoms with Crippen LogP contribution >= 0.6 is 27.7 Å². The van der Waals surface area contributed by atoms with Gasteiger partial charge in [-0.3, -0.25) is 9.59 Å². The highest BCUT2D eigenvalue weighted by molar-refractivity contribution is 9.10. The van der Waals surface area contributed by atoms with E-state index >= 15 is 0 Å². The fourth-order valence-electron chi connectivity index (χ4n) is 4.17. The van der Waals surface area contributed by atoms with Crippen LogP contribution in [0.5, 0.6) is 0 Å². The Labute approximate surface area is 176 Å². The lowest BCUT2D eigenvalue weighted by Gasteiger charge is -2.39. The normalized spacial score (nSPS) is 18.6. The molecule has 2 saturated heterocycles. The second kappa shape index (κ2) is 7.91. The molecule has 28 heavy (non-hydrogen) atoms. The van der Waals surface area contributed by atoms with E-state index in [1.165, 1.54) is 11.8 Å². The molecule has 1 spiro atoms. The highest BCUT2D eigenvalue weighted by Gasteiger charge is 2.43. The summed E-state index contributed by atoms with van der Waals surface area (Å²) in [5.41, 5.74) is 0.783. The zero-order valence-electron chi connectivity index (χ0n) is 15.7. The Morgan fingerprint density at radius 3 is 2.46 bits per heavy atom. The molecule has 0 radical (unpaired) electrons. The summed E-state index contributed by atoms with van der Waals surface area (Å²) in [4.78, 5) is 33.7. The Morgan fingerprint density at radius 1 is 1.11 bits per heavy atom. The van der Waals surface area contributed by atoms with Crippen molar-refractivity contribution in [2.45, 2.75) is 24.3 Å². The van der Waals surface area contributed by atoms with Crippen molar-refractivity contribution in [3.05, 3.63) is 46.5 Å². The van der Waals surface area contributed by atoms with Crippen molar-refractivity contribution in [1.29, 1.82) is 0 Å². The lowest BCUT2D eigenvalue weighted by atomic mass is 9.77. The number of furan rings is 1. The maximum absolute atomic E-state index is 12.9. The summed E-state index contributed by atoms with van der Waals surface area (Å²) in [5, 5.41) is 0.773. The summed E-state index contributed by atoms with van der Waals surface area (Å²) in [5.74, 6) is 0.373. The molecule has 0 N–H and O–H groups in total. The van der Waals surface area contributed by atoms with E-state index in [-0.39, 0.29) is 17.2 Å². The third-order valence-corrected chi connectivity index (χ3v) is 6.95. The van der Waals surface area contributed by atoms with Crippen LogP contribution in [0.3, 0.4) is 0 Å². The number of piperidine rings is 1. The smallest absolute Gasteiger partial charge is 0.289 e. The minimum absolute atomic E-state index is 0.0543. The van der Waals surface area contributed by atoms with E-state index < -0.39 is 0 Å².